The van der Waals surface area contributed by atoms with Crippen LogP contribution in [0.4, 0.5) is 0 Å². The zero-order valence-corrected chi connectivity index (χ0v) is 11.7. The Labute approximate surface area is 121 Å². The number of aromatic nitrogens is 5. The fourth-order valence-electron chi connectivity index (χ4n) is 2.26. The first-order valence-corrected chi connectivity index (χ1v) is 6.83. The Hall–Kier alpha value is -2.70. The minimum Gasteiger partial charge on any atom is -0.350 e. The van der Waals surface area contributed by atoms with Gasteiger partial charge in [-0.3, -0.25) is 9.48 Å². The summed E-state index contributed by atoms with van der Waals surface area (Å²) < 4.78 is 3.36. The summed E-state index contributed by atoms with van der Waals surface area (Å²) in [4.78, 5) is 16.6. The van der Waals surface area contributed by atoms with Gasteiger partial charge in [-0.1, -0.05) is 6.92 Å². The highest BCUT2D eigenvalue weighted by atomic mass is 16.2. The standard InChI is InChI=1S/C14H16N6O/c1-2-12(19-7-4-6-17-19)14(21)16-9-11-10-18-20-8-3-5-15-13(11)20/h3-8,10,12H,2,9H2,1H3,(H,16,21)/t12-/m1/s1. The van der Waals surface area contributed by atoms with E-state index in [9.17, 15) is 4.79 Å². The van der Waals surface area contributed by atoms with Gasteiger partial charge in [-0.05, 0) is 18.6 Å². The first kappa shape index (κ1) is 13.3. The molecule has 0 aliphatic rings. The van der Waals surface area contributed by atoms with E-state index < -0.39 is 0 Å². The van der Waals surface area contributed by atoms with E-state index >= 15 is 0 Å². The minimum absolute atomic E-state index is 0.0588. The highest BCUT2D eigenvalue weighted by Gasteiger charge is 2.18. The molecule has 1 amide bonds. The molecule has 3 heterocycles. The lowest BCUT2D eigenvalue weighted by atomic mass is 10.2. The Morgan fingerprint density at radius 2 is 2.14 bits per heavy atom. The van der Waals surface area contributed by atoms with Gasteiger partial charge in [0.05, 0.1) is 6.20 Å². The monoisotopic (exact) mass is 284 g/mol. The second-order valence-corrected chi connectivity index (χ2v) is 4.69. The molecule has 0 bridgehead atoms. The molecule has 1 N–H and O–H groups in total. The van der Waals surface area contributed by atoms with Gasteiger partial charge in [0.1, 0.15) is 6.04 Å². The molecule has 3 rings (SSSR count). The first-order chi connectivity index (χ1) is 10.3. The van der Waals surface area contributed by atoms with Gasteiger partial charge < -0.3 is 5.32 Å². The van der Waals surface area contributed by atoms with Crippen molar-refractivity contribution >= 4 is 11.6 Å². The Morgan fingerprint density at radius 1 is 1.29 bits per heavy atom. The van der Waals surface area contributed by atoms with Crippen molar-refractivity contribution in [1.82, 2.24) is 29.7 Å². The van der Waals surface area contributed by atoms with Crippen molar-refractivity contribution in [2.75, 3.05) is 0 Å². The van der Waals surface area contributed by atoms with Crippen LogP contribution in [0, 0.1) is 0 Å². The number of amides is 1. The van der Waals surface area contributed by atoms with Crippen molar-refractivity contribution in [3.8, 4) is 0 Å². The summed E-state index contributed by atoms with van der Waals surface area (Å²) in [5.74, 6) is -0.0588. The maximum absolute atomic E-state index is 12.3. The van der Waals surface area contributed by atoms with Gasteiger partial charge in [-0.15, -0.1) is 0 Å². The summed E-state index contributed by atoms with van der Waals surface area (Å²) in [6, 6.07) is 3.33. The van der Waals surface area contributed by atoms with Gasteiger partial charge in [-0.25, -0.2) is 9.50 Å². The molecule has 0 unspecified atom stereocenters. The SMILES string of the molecule is CC[C@H](C(=O)NCc1cnn2cccnc12)n1cccn1. The Bertz CT molecular complexity index is 733. The second kappa shape index (κ2) is 5.74. The quantitative estimate of drug-likeness (QED) is 0.763. The molecule has 3 aromatic heterocycles. The van der Waals surface area contributed by atoms with E-state index in [4.69, 9.17) is 0 Å². The van der Waals surface area contributed by atoms with Crippen LogP contribution in [0.3, 0.4) is 0 Å². The topological polar surface area (TPSA) is 77.1 Å². The van der Waals surface area contributed by atoms with Gasteiger partial charge in [0, 0.05) is 36.9 Å². The third kappa shape index (κ3) is 2.62. The highest BCUT2D eigenvalue weighted by Crippen LogP contribution is 2.11. The summed E-state index contributed by atoms with van der Waals surface area (Å²) in [5, 5.41) is 11.3. The maximum atomic E-state index is 12.3. The highest BCUT2D eigenvalue weighted by molar-refractivity contribution is 5.80. The second-order valence-electron chi connectivity index (χ2n) is 4.69. The number of carbonyl (C=O) groups excluding carboxylic acids is 1. The van der Waals surface area contributed by atoms with E-state index in [2.05, 4.69) is 20.5 Å². The van der Waals surface area contributed by atoms with Crippen molar-refractivity contribution < 1.29 is 4.79 Å². The smallest absolute Gasteiger partial charge is 0.245 e. The van der Waals surface area contributed by atoms with Crippen LogP contribution in [0.2, 0.25) is 0 Å². The van der Waals surface area contributed by atoms with Crippen molar-refractivity contribution in [2.45, 2.75) is 25.9 Å². The normalized spacial score (nSPS) is 12.4. The molecule has 0 saturated heterocycles. The molecule has 0 aliphatic heterocycles. The van der Waals surface area contributed by atoms with E-state index in [-0.39, 0.29) is 11.9 Å². The van der Waals surface area contributed by atoms with Crippen molar-refractivity contribution in [2.24, 2.45) is 0 Å². The molecule has 0 radical (unpaired) electrons. The molecule has 7 nitrogen and oxygen atoms in total. The number of hydrogen-bond acceptors (Lipinski definition) is 4. The van der Waals surface area contributed by atoms with Crippen molar-refractivity contribution in [3.63, 3.8) is 0 Å². The molecule has 0 aromatic carbocycles. The maximum Gasteiger partial charge on any atom is 0.245 e. The fraction of sp³-hybridized carbons (Fsp3) is 0.286. The summed E-state index contributed by atoms with van der Waals surface area (Å²) in [6.45, 7) is 2.36. The molecule has 1 atom stereocenters. The predicted octanol–water partition coefficient (Wildman–Crippen LogP) is 1.19. The molecule has 0 spiro atoms. The van der Waals surface area contributed by atoms with Gasteiger partial charge in [0.15, 0.2) is 5.65 Å². The third-order valence-electron chi connectivity index (χ3n) is 3.34. The zero-order valence-electron chi connectivity index (χ0n) is 11.7. The van der Waals surface area contributed by atoms with Crippen LogP contribution < -0.4 is 5.32 Å². The van der Waals surface area contributed by atoms with Crippen LogP contribution in [-0.4, -0.2) is 30.3 Å². The molecule has 0 aliphatic carbocycles. The first-order valence-electron chi connectivity index (χ1n) is 6.83. The fourth-order valence-corrected chi connectivity index (χ4v) is 2.26. The summed E-state index contributed by atoms with van der Waals surface area (Å²) in [6.07, 6.45) is 9.40. The van der Waals surface area contributed by atoms with Gasteiger partial charge in [0.25, 0.3) is 0 Å². The van der Waals surface area contributed by atoms with E-state index in [0.717, 1.165) is 11.2 Å². The molecule has 21 heavy (non-hydrogen) atoms. The predicted molar refractivity (Wildman–Crippen MR) is 76.4 cm³/mol. The average Bonchev–Trinajstić information content (AvgIpc) is 3.15. The minimum atomic E-state index is -0.296. The van der Waals surface area contributed by atoms with Crippen LogP contribution >= 0.6 is 0 Å². The van der Waals surface area contributed by atoms with E-state index in [1.807, 2.05) is 25.3 Å². The molecule has 108 valence electrons. The molecular formula is C14H16N6O. The van der Waals surface area contributed by atoms with Crippen LogP contribution in [-0.2, 0) is 11.3 Å². The number of rotatable bonds is 5. The summed E-state index contributed by atoms with van der Waals surface area (Å²) in [5.41, 5.74) is 1.64. The third-order valence-corrected chi connectivity index (χ3v) is 3.34. The lowest BCUT2D eigenvalue weighted by Crippen LogP contribution is -2.32. The number of carbonyl (C=O) groups is 1. The molecule has 7 heteroatoms. The van der Waals surface area contributed by atoms with Crippen LogP contribution in [0.5, 0.6) is 0 Å². The average molecular weight is 284 g/mol. The Morgan fingerprint density at radius 3 is 2.90 bits per heavy atom. The van der Waals surface area contributed by atoms with Gasteiger partial charge >= 0.3 is 0 Å². The number of nitrogens with zero attached hydrogens (tertiary/aromatic N) is 5. The lowest BCUT2D eigenvalue weighted by Gasteiger charge is -2.15. The Balaban J connectivity index is 1.71. The largest absolute Gasteiger partial charge is 0.350 e. The number of fused-ring (bicyclic) bond motifs is 1. The number of nitrogens with one attached hydrogen (secondary N) is 1. The van der Waals surface area contributed by atoms with Gasteiger partial charge in [-0.2, -0.15) is 10.2 Å². The van der Waals surface area contributed by atoms with Crippen LogP contribution in [0.1, 0.15) is 24.9 Å². The Kier molecular flexibility index (Phi) is 3.63. The van der Waals surface area contributed by atoms with Crippen molar-refractivity contribution in [3.05, 3.63) is 48.7 Å². The molecule has 0 fully saturated rings. The van der Waals surface area contributed by atoms with Crippen LogP contribution in [0.25, 0.3) is 5.65 Å². The zero-order chi connectivity index (χ0) is 14.7. The number of hydrogen-bond donors (Lipinski definition) is 1. The van der Waals surface area contributed by atoms with E-state index in [0.29, 0.717) is 13.0 Å². The lowest BCUT2D eigenvalue weighted by molar-refractivity contribution is -0.124. The van der Waals surface area contributed by atoms with E-state index in [1.54, 1.807) is 34.0 Å². The van der Waals surface area contributed by atoms with Gasteiger partial charge in [0.2, 0.25) is 5.91 Å². The van der Waals surface area contributed by atoms with Crippen LogP contribution in [0.15, 0.2) is 43.1 Å². The van der Waals surface area contributed by atoms with E-state index in [1.165, 1.54) is 0 Å². The molecule has 0 saturated carbocycles. The molecular weight excluding hydrogens is 268 g/mol. The molecule has 3 aromatic rings. The summed E-state index contributed by atoms with van der Waals surface area (Å²) >= 11 is 0. The summed E-state index contributed by atoms with van der Waals surface area (Å²) in [7, 11) is 0. The van der Waals surface area contributed by atoms with Crippen molar-refractivity contribution in [1.29, 1.82) is 0 Å².